The monoisotopic (exact) mass is 276 g/mol. The van der Waals surface area contributed by atoms with Gasteiger partial charge in [-0.1, -0.05) is 19.9 Å². The highest BCUT2D eigenvalue weighted by molar-refractivity contribution is 5.91. The SMILES string of the molecule is CCN(CC)CCN1CCCc2c(C(=O)O)cccc21. The Balaban J connectivity index is 2.16. The van der Waals surface area contributed by atoms with E-state index in [1.54, 1.807) is 6.07 Å². The third-order valence-electron chi connectivity index (χ3n) is 4.16. The van der Waals surface area contributed by atoms with Crippen molar-refractivity contribution in [1.82, 2.24) is 4.90 Å². The molecule has 1 aromatic rings. The van der Waals surface area contributed by atoms with Crippen LogP contribution >= 0.6 is 0 Å². The number of anilines is 1. The van der Waals surface area contributed by atoms with Crippen molar-refractivity contribution in [2.75, 3.05) is 37.6 Å². The summed E-state index contributed by atoms with van der Waals surface area (Å²) in [6.45, 7) is 9.50. The van der Waals surface area contributed by atoms with Gasteiger partial charge in [-0.2, -0.15) is 0 Å². The van der Waals surface area contributed by atoms with Gasteiger partial charge in [-0.15, -0.1) is 0 Å². The summed E-state index contributed by atoms with van der Waals surface area (Å²) < 4.78 is 0. The largest absolute Gasteiger partial charge is 0.478 e. The molecule has 1 N–H and O–H groups in total. The maximum atomic E-state index is 11.3. The minimum absolute atomic E-state index is 0.468. The minimum atomic E-state index is -0.813. The first-order valence-electron chi connectivity index (χ1n) is 7.49. The molecule has 0 unspecified atom stereocenters. The fourth-order valence-corrected chi connectivity index (χ4v) is 2.94. The second-order valence-electron chi connectivity index (χ2n) is 5.23. The lowest BCUT2D eigenvalue weighted by Gasteiger charge is -2.33. The Morgan fingerprint density at radius 3 is 2.75 bits per heavy atom. The molecule has 20 heavy (non-hydrogen) atoms. The first kappa shape index (κ1) is 14.9. The first-order valence-corrected chi connectivity index (χ1v) is 7.49. The average molecular weight is 276 g/mol. The molecule has 1 heterocycles. The van der Waals surface area contributed by atoms with Crippen LogP contribution in [-0.2, 0) is 6.42 Å². The summed E-state index contributed by atoms with van der Waals surface area (Å²) >= 11 is 0. The zero-order valence-electron chi connectivity index (χ0n) is 12.4. The van der Waals surface area contributed by atoms with Gasteiger partial charge in [0.05, 0.1) is 5.56 Å². The van der Waals surface area contributed by atoms with Crippen LogP contribution in [-0.4, -0.2) is 48.7 Å². The van der Waals surface area contributed by atoms with Crippen LogP contribution in [0.15, 0.2) is 18.2 Å². The molecule has 1 aromatic carbocycles. The molecule has 0 spiro atoms. The first-order chi connectivity index (χ1) is 9.67. The van der Waals surface area contributed by atoms with Gasteiger partial charge in [0.1, 0.15) is 0 Å². The van der Waals surface area contributed by atoms with E-state index < -0.39 is 5.97 Å². The lowest BCUT2D eigenvalue weighted by atomic mass is 9.96. The number of benzene rings is 1. The van der Waals surface area contributed by atoms with Gasteiger partial charge < -0.3 is 14.9 Å². The Hall–Kier alpha value is -1.55. The number of hydrogen-bond acceptors (Lipinski definition) is 3. The van der Waals surface area contributed by atoms with Crippen LogP contribution in [0.25, 0.3) is 0 Å². The van der Waals surface area contributed by atoms with Gasteiger partial charge in [-0.3, -0.25) is 0 Å². The summed E-state index contributed by atoms with van der Waals surface area (Å²) in [6, 6.07) is 5.64. The van der Waals surface area contributed by atoms with E-state index >= 15 is 0 Å². The molecule has 4 heteroatoms. The van der Waals surface area contributed by atoms with E-state index in [0.717, 1.165) is 56.8 Å². The number of aromatic carboxylic acids is 1. The van der Waals surface area contributed by atoms with E-state index in [2.05, 4.69) is 29.7 Å². The second-order valence-corrected chi connectivity index (χ2v) is 5.23. The van der Waals surface area contributed by atoms with Gasteiger partial charge in [0, 0.05) is 25.3 Å². The van der Waals surface area contributed by atoms with Gasteiger partial charge in [0.2, 0.25) is 0 Å². The summed E-state index contributed by atoms with van der Waals surface area (Å²) in [6.07, 6.45) is 1.91. The van der Waals surface area contributed by atoms with E-state index in [4.69, 9.17) is 0 Å². The Bertz CT molecular complexity index is 470. The number of fused-ring (bicyclic) bond motifs is 1. The molecule has 0 bridgehead atoms. The molecule has 4 nitrogen and oxygen atoms in total. The van der Waals surface area contributed by atoms with E-state index in [0.29, 0.717) is 5.56 Å². The standard InChI is InChI=1S/C16H24N2O2/c1-3-17(4-2)11-12-18-10-6-8-13-14(16(19)20)7-5-9-15(13)18/h5,7,9H,3-4,6,8,10-12H2,1-2H3,(H,19,20). The quantitative estimate of drug-likeness (QED) is 0.867. The highest BCUT2D eigenvalue weighted by Gasteiger charge is 2.21. The molecule has 0 saturated carbocycles. The van der Waals surface area contributed by atoms with E-state index in [9.17, 15) is 9.90 Å². The van der Waals surface area contributed by atoms with Gasteiger partial charge >= 0.3 is 5.97 Å². The van der Waals surface area contributed by atoms with Crippen molar-refractivity contribution in [1.29, 1.82) is 0 Å². The molecule has 2 rings (SSSR count). The van der Waals surface area contributed by atoms with Crippen molar-refractivity contribution < 1.29 is 9.90 Å². The number of hydrogen-bond donors (Lipinski definition) is 1. The number of carbonyl (C=O) groups is 1. The Labute approximate surface area is 121 Å². The maximum absolute atomic E-state index is 11.3. The topological polar surface area (TPSA) is 43.8 Å². The van der Waals surface area contributed by atoms with Gasteiger partial charge in [0.25, 0.3) is 0 Å². The molecule has 1 aliphatic rings. The zero-order valence-corrected chi connectivity index (χ0v) is 12.4. The van der Waals surface area contributed by atoms with Crippen molar-refractivity contribution in [3.05, 3.63) is 29.3 Å². The number of carboxylic acid groups (broad SMARTS) is 1. The third kappa shape index (κ3) is 3.12. The van der Waals surface area contributed by atoms with Crippen LogP contribution in [0.1, 0.15) is 36.2 Å². The van der Waals surface area contributed by atoms with Crippen molar-refractivity contribution in [3.8, 4) is 0 Å². The Kier molecular flexibility index (Phi) is 5.01. The molecule has 0 aromatic heterocycles. The van der Waals surface area contributed by atoms with Crippen LogP contribution < -0.4 is 4.90 Å². The predicted molar refractivity (Wildman–Crippen MR) is 81.7 cm³/mol. The fraction of sp³-hybridized carbons (Fsp3) is 0.562. The van der Waals surface area contributed by atoms with Crippen molar-refractivity contribution >= 4 is 11.7 Å². The van der Waals surface area contributed by atoms with Crippen LogP contribution in [0.2, 0.25) is 0 Å². The highest BCUT2D eigenvalue weighted by atomic mass is 16.4. The zero-order chi connectivity index (χ0) is 14.5. The van der Waals surface area contributed by atoms with Crippen molar-refractivity contribution in [3.63, 3.8) is 0 Å². The van der Waals surface area contributed by atoms with Crippen LogP contribution in [0.4, 0.5) is 5.69 Å². The molecule has 110 valence electrons. The Morgan fingerprint density at radius 1 is 1.35 bits per heavy atom. The highest BCUT2D eigenvalue weighted by Crippen LogP contribution is 2.29. The minimum Gasteiger partial charge on any atom is -0.478 e. The normalized spacial score (nSPS) is 14.4. The number of rotatable bonds is 6. The number of nitrogens with zero attached hydrogens (tertiary/aromatic N) is 2. The lowest BCUT2D eigenvalue weighted by molar-refractivity contribution is 0.0695. The molecule has 1 aliphatic heterocycles. The van der Waals surface area contributed by atoms with E-state index in [-0.39, 0.29) is 0 Å². The fourth-order valence-electron chi connectivity index (χ4n) is 2.94. The number of carboxylic acids is 1. The third-order valence-corrected chi connectivity index (χ3v) is 4.16. The predicted octanol–water partition coefficient (Wildman–Crippen LogP) is 2.48. The lowest BCUT2D eigenvalue weighted by Crippen LogP contribution is -2.38. The van der Waals surface area contributed by atoms with E-state index in [1.165, 1.54) is 0 Å². The average Bonchev–Trinajstić information content (AvgIpc) is 2.47. The Morgan fingerprint density at radius 2 is 2.10 bits per heavy atom. The molecule has 0 radical (unpaired) electrons. The van der Waals surface area contributed by atoms with Crippen LogP contribution in [0, 0.1) is 0 Å². The van der Waals surface area contributed by atoms with Crippen LogP contribution in [0.3, 0.4) is 0 Å². The van der Waals surface area contributed by atoms with Gasteiger partial charge in [0.15, 0.2) is 0 Å². The molecule has 0 amide bonds. The second kappa shape index (κ2) is 6.75. The smallest absolute Gasteiger partial charge is 0.336 e. The molecular formula is C16H24N2O2. The van der Waals surface area contributed by atoms with E-state index in [1.807, 2.05) is 6.07 Å². The summed E-state index contributed by atoms with van der Waals surface area (Å²) in [4.78, 5) is 16.0. The van der Waals surface area contributed by atoms with Gasteiger partial charge in [-0.25, -0.2) is 4.79 Å². The summed E-state index contributed by atoms with van der Waals surface area (Å²) in [7, 11) is 0. The van der Waals surface area contributed by atoms with Gasteiger partial charge in [-0.05, 0) is 43.6 Å². The molecule has 0 fully saturated rings. The van der Waals surface area contributed by atoms with Crippen molar-refractivity contribution in [2.45, 2.75) is 26.7 Å². The molecular weight excluding hydrogens is 252 g/mol. The summed E-state index contributed by atoms with van der Waals surface area (Å²) in [5.41, 5.74) is 2.59. The summed E-state index contributed by atoms with van der Waals surface area (Å²) in [5, 5.41) is 9.29. The molecule has 0 atom stereocenters. The maximum Gasteiger partial charge on any atom is 0.336 e. The summed E-state index contributed by atoms with van der Waals surface area (Å²) in [5.74, 6) is -0.813. The number of likely N-dealkylation sites (N-methyl/N-ethyl adjacent to an activating group) is 1. The van der Waals surface area contributed by atoms with Crippen molar-refractivity contribution in [2.24, 2.45) is 0 Å². The molecule has 0 aliphatic carbocycles. The van der Waals surface area contributed by atoms with Crippen LogP contribution in [0.5, 0.6) is 0 Å². The molecule has 0 saturated heterocycles.